The van der Waals surface area contributed by atoms with Crippen LogP contribution >= 0.6 is 0 Å². The van der Waals surface area contributed by atoms with Gasteiger partial charge in [0.15, 0.2) is 0 Å². The van der Waals surface area contributed by atoms with Gasteiger partial charge in [-0.15, -0.1) is 0 Å². The molecule has 0 bridgehead atoms. The molecule has 0 heterocycles. The zero-order valence-corrected chi connectivity index (χ0v) is 14.6. The number of hydrogen-bond donors (Lipinski definition) is 1. The van der Waals surface area contributed by atoms with E-state index in [2.05, 4.69) is 5.32 Å². The van der Waals surface area contributed by atoms with Gasteiger partial charge in [0.05, 0.1) is 0 Å². The van der Waals surface area contributed by atoms with E-state index in [9.17, 15) is 9.59 Å². The van der Waals surface area contributed by atoms with Crippen LogP contribution in [0.4, 0.5) is 4.79 Å². The van der Waals surface area contributed by atoms with Crippen molar-refractivity contribution in [1.29, 1.82) is 0 Å². The number of hydrogen-bond acceptors (Lipinski definition) is 3. The molecule has 0 aliphatic rings. The van der Waals surface area contributed by atoms with Crippen LogP contribution in [0.5, 0.6) is 0 Å². The Kier molecular flexibility index (Phi) is 7.47. The van der Waals surface area contributed by atoms with Crippen LogP contribution in [-0.4, -0.2) is 42.1 Å². The van der Waals surface area contributed by atoms with E-state index in [0.717, 1.165) is 5.57 Å². The highest BCUT2D eigenvalue weighted by Crippen LogP contribution is 2.10. The molecule has 2 amide bonds. The zero-order valence-electron chi connectivity index (χ0n) is 14.6. The molecule has 0 aliphatic carbocycles. The van der Waals surface area contributed by atoms with Crippen molar-refractivity contribution in [3.05, 3.63) is 11.6 Å². The van der Waals surface area contributed by atoms with Gasteiger partial charge in [-0.25, -0.2) is 4.79 Å². The fourth-order valence-electron chi connectivity index (χ4n) is 1.59. The minimum Gasteiger partial charge on any atom is -0.444 e. The van der Waals surface area contributed by atoms with Crippen LogP contribution in [0.3, 0.4) is 0 Å². The SMILES string of the molecule is CC(C)=CCN(C)C(=O)C(NC(=O)OC(C)(C)C)C(C)C. The summed E-state index contributed by atoms with van der Waals surface area (Å²) in [6.45, 7) is 13.7. The van der Waals surface area contributed by atoms with Gasteiger partial charge >= 0.3 is 6.09 Å². The summed E-state index contributed by atoms with van der Waals surface area (Å²) in [7, 11) is 1.73. The molecule has 1 unspecified atom stereocenters. The molecule has 5 heteroatoms. The van der Waals surface area contributed by atoms with Crippen LogP contribution < -0.4 is 5.32 Å². The summed E-state index contributed by atoms with van der Waals surface area (Å²) in [6.07, 6.45) is 1.41. The third kappa shape index (κ3) is 8.38. The molecular weight excluding hydrogens is 268 g/mol. The Morgan fingerprint density at radius 2 is 1.76 bits per heavy atom. The quantitative estimate of drug-likeness (QED) is 0.794. The number of allylic oxidation sites excluding steroid dienone is 1. The number of likely N-dealkylation sites (N-methyl/N-ethyl adjacent to an activating group) is 1. The maximum absolute atomic E-state index is 12.4. The van der Waals surface area contributed by atoms with Gasteiger partial charge in [-0.2, -0.15) is 0 Å². The maximum atomic E-state index is 12.4. The topological polar surface area (TPSA) is 58.6 Å². The first kappa shape index (κ1) is 19.5. The average Bonchev–Trinajstić information content (AvgIpc) is 2.29. The lowest BCUT2D eigenvalue weighted by molar-refractivity contribution is -0.132. The van der Waals surface area contributed by atoms with E-state index in [1.165, 1.54) is 0 Å². The Morgan fingerprint density at radius 1 is 1.24 bits per heavy atom. The van der Waals surface area contributed by atoms with E-state index in [1.807, 2.05) is 33.8 Å². The predicted molar refractivity (Wildman–Crippen MR) is 85.1 cm³/mol. The molecule has 5 nitrogen and oxygen atoms in total. The first-order valence-electron chi connectivity index (χ1n) is 7.32. The molecular formula is C16H30N2O3. The third-order valence-electron chi connectivity index (χ3n) is 2.75. The molecule has 0 aromatic rings. The van der Waals surface area contributed by atoms with Gasteiger partial charge in [0, 0.05) is 13.6 Å². The van der Waals surface area contributed by atoms with Crippen LogP contribution in [0.15, 0.2) is 11.6 Å². The van der Waals surface area contributed by atoms with Gasteiger partial charge in [0.1, 0.15) is 11.6 Å². The molecule has 0 rings (SSSR count). The van der Waals surface area contributed by atoms with Crippen molar-refractivity contribution in [2.75, 3.05) is 13.6 Å². The lowest BCUT2D eigenvalue weighted by Crippen LogP contribution is -2.51. The van der Waals surface area contributed by atoms with E-state index in [-0.39, 0.29) is 11.8 Å². The lowest BCUT2D eigenvalue weighted by Gasteiger charge is -2.28. The van der Waals surface area contributed by atoms with Gasteiger partial charge < -0.3 is 15.0 Å². The number of carbonyl (C=O) groups is 2. The van der Waals surface area contributed by atoms with Crippen LogP contribution in [0.2, 0.25) is 0 Å². The summed E-state index contributed by atoms with van der Waals surface area (Å²) in [5.74, 6) is -0.132. The second-order valence-electron chi connectivity index (χ2n) is 6.87. The zero-order chi connectivity index (χ0) is 16.8. The highest BCUT2D eigenvalue weighted by molar-refractivity contribution is 5.86. The van der Waals surface area contributed by atoms with Gasteiger partial charge in [0.2, 0.25) is 5.91 Å². The second-order valence-corrected chi connectivity index (χ2v) is 6.87. The number of nitrogens with zero attached hydrogens (tertiary/aromatic N) is 1. The van der Waals surface area contributed by atoms with E-state index in [0.29, 0.717) is 6.54 Å². The highest BCUT2D eigenvalue weighted by atomic mass is 16.6. The number of ether oxygens (including phenoxy) is 1. The van der Waals surface area contributed by atoms with Gasteiger partial charge in [0.25, 0.3) is 0 Å². The normalized spacial score (nSPS) is 12.6. The summed E-state index contributed by atoms with van der Waals surface area (Å²) in [5.41, 5.74) is 0.568. The smallest absolute Gasteiger partial charge is 0.408 e. The van der Waals surface area contributed by atoms with Crippen LogP contribution in [-0.2, 0) is 9.53 Å². The molecule has 1 atom stereocenters. The monoisotopic (exact) mass is 298 g/mol. The Bertz CT molecular complexity index is 391. The molecule has 0 saturated heterocycles. The number of rotatable bonds is 5. The fraction of sp³-hybridized carbons (Fsp3) is 0.750. The van der Waals surface area contributed by atoms with Crippen molar-refractivity contribution >= 4 is 12.0 Å². The van der Waals surface area contributed by atoms with E-state index < -0.39 is 17.7 Å². The van der Waals surface area contributed by atoms with E-state index >= 15 is 0 Å². The maximum Gasteiger partial charge on any atom is 0.408 e. The Morgan fingerprint density at radius 3 is 2.14 bits per heavy atom. The fourth-order valence-corrected chi connectivity index (χ4v) is 1.59. The molecule has 122 valence electrons. The van der Waals surface area contributed by atoms with Gasteiger partial charge in [-0.05, 0) is 40.5 Å². The Hall–Kier alpha value is -1.52. The third-order valence-corrected chi connectivity index (χ3v) is 2.75. The number of nitrogens with one attached hydrogen (secondary N) is 1. The van der Waals surface area contributed by atoms with Crippen molar-refractivity contribution in [2.24, 2.45) is 5.92 Å². The molecule has 0 saturated carbocycles. The van der Waals surface area contributed by atoms with Gasteiger partial charge in [-0.3, -0.25) is 4.79 Å². The summed E-state index contributed by atoms with van der Waals surface area (Å²) < 4.78 is 5.21. The highest BCUT2D eigenvalue weighted by Gasteiger charge is 2.28. The summed E-state index contributed by atoms with van der Waals surface area (Å²) in [5, 5.41) is 2.67. The molecule has 0 aromatic carbocycles. The van der Waals surface area contributed by atoms with Crippen molar-refractivity contribution in [2.45, 2.75) is 60.1 Å². The van der Waals surface area contributed by atoms with Crippen LogP contribution in [0.1, 0.15) is 48.5 Å². The second kappa shape index (κ2) is 8.05. The molecule has 0 fully saturated rings. The minimum absolute atomic E-state index is 0.0147. The average molecular weight is 298 g/mol. The van der Waals surface area contributed by atoms with E-state index in [4.69, 9.17) is 4.74 Å². The number of amides is 2. The van der Waals surface area contributed by atoms with Crippen molar-refractivity contribution in [3.63, 3.8) is 0 Å². The van der Waals surface area contributed by atoms with Crippen LogP contribution in [0.25, 0.3) is 0 Å². The molecule has 0 spiro atoms. The van der Waals surface area contributed by atoms with Crippen molar-refractivity contribution in [1.82, 2.24) is 10.2 Å². The molecule has 1 N–H and O–H groups in total. The first-order valence-corrected chi connectivity index (χ1v) is 7.32. The standard InChI is InChI=1S/C16H30N2O3/c1-11(2)9-10-18(8)14(19)13(12(3)4)17-15(20)21-16(5,6)7/h9,12-13H,10H2,1-8H3,(H,17,20). The molecule has 21 heavy (non-hydrogen) atoms. The lowest BCUT2D eigenvalue weighted by atomic mass is 10.0. The minimum atomic E-state index is -0.588. The van der Waals surface area contributed by atoms with Crippen LogP contribution in [0, 0.1) is 5.92 Å². The van der Waals surface area contributed by atoms with Gasteiger partial charge in [-0.1, -0.05) is 25.5 Å². The molecule has 0 aromatic heterocycles. The summed E-state index contributed by atoms with van der Waals surface area (Å²) >= 11 is 0. The first-order chi connectivity index (χ1) is 9.44. The molecule has 0 radical (unpaired) electrons. The number of carbonyl (C=O) groups excluding carboxylic acids is 2. The Balaban J connectivity index is 4.79. The number of alkyl carbamates (subject to hydrolysis) is 1. The molecule has 0 aliphatic heterocycles. The summed E-state index contributed by atoms with van der Waals surface area (Å²) in [6, 6.07) is -0.588. The largest absolute Gasteiger partial charge is 0.444 e. The summed E-state index contributed by atoms with van der Waals surface area (Å²) in [4.78, 5) is 25.9. The van der Waals surface area contributed by atoms with Crippen molar-refractivity contribution in [3.8, 4) is 0 Å². The Labute approximate surface area is 128 Å². The van der Waals surface area contributed by atoms with E-state index in [1.54, 1.807) is 32.7 Å². The van der Waals surface area contributed by atoms with Crippen molar-refractivity contribution < 1.29 is 14.3 Å². The predicted octanol–water partition coefficient (Wildman–Crippen LogP) is 2.96.